The van der Waals surface area contributed by atoms with Crippen LogP contribution in [0.25, 0.3) is 0 Å². The molecule has 0 unspecified atom stereocenters. The highest BCUT2D eigenvalue weighted by atomic mass is 32.2. The van der Waals surface area contributed by atoms with Gasteiger partial charge in [0.25, 0.3) is 0 Å². The fraction of sp³-hybridized carbons (Fsp3) is 0.294. The Morgan fingerprint density at radius 2 is 2.07 bits per heavy atom. The Morgan fingerprint density at radius 1 is 1.32 bits per heavy atom. The number of thioether (sulfide) groups is 1. The number of carbonyl (C=O) groups excluding carboxylic acids is 2. The van der Waals surface area contributed by atoms with Crippen LogP contribution < -0.4 is 21.1 Å². The third-order valence-corrected chi connectivity index (χ3v) is 5.77. The Kier molecular flexibility index (Phi) is 6.37. The van der Waals surface area contributed by atoms with Crippen LogP contribution in [0.1, 0.15) is 18.5 Å². The van der Waals surface area contributed by atoms with Crippen molar-refractivity contribution in [2.24, 2.45) is 0 Å². The van der Waals surface area contributed by atoms with Gasteiger partial charge in [-0.05, 0) is 24.6 Å². The molecule has 0 radical (unpaired) electrons. The first-order valence-electron chi connectivity index (χ1n) is 8.35. The zero-order chi connectivity index (χ0) is 20.1. The number of esters is 1. The molecule has 0 aliphatic carbocycles. The van der Waals surface area contributed by atoms with Crippen LogP contribution in [0.5, 0.6) is 5.75 Å². The maximum atomic E-state index is 12.7. The number of anilines is 1. The third-order valence-electron chi connectivity index (χ3n) is 3.86. The number of benzene rings is 1. The van der Waals surface area contributed by atoms with Crippen molar-refractivity contribution in [2.75, 3.05) is 25.2 Å². The van der Waals surface area contributed by atoms with Gasteiger partial charge in [0, 0.05) is 11.4 Å². The van der Waals surface area contributed by atoms with Gasteiger partial charge in [0.2, 0.25) is 5.13 Å². The maximum absolute atomic E-state index is 12.7. The molecule has 3 rings (SSSR count). The molecule has 1 aromatic heterocycles. The van der Waals surface area contributed by atoms with Gasteiger partial charge in [0.1, 0.15) is 5.75 Å². The molecule has 4 N–H and O–H groups in total. The number of nitrogens with one attached hydrogen (secondary N) is 2. The highest BCUT2D eigenvalue weighted by Gasteiger charge is 2.33. The van der Waals surface area contributed by atoms with Crippen LogP contribution in [0.4, 0.5) is 9.93 Å². The van der Waals surface area contributed by atoms with Crippen LogP contribution in [0.2, 0.25) is 0 Å². The summed E-state index contributed by atoms with van der Waals surface area (Å²) < 4.78 is 11.0. The summed E-state index contributed by atoms with van der Waals surface area (Å²) in [6, 6.07) is 6.08. The zero-order valence-electron chi connectivity index (χ0n) is 15.2. The Bertz CT molecular complexity index is 897. The standard InChI is InChI=1S/C17H19N5O4S2/c1-3-26-14(23)12-11(8-27-17-22-21-15(18)28-17)19-16(24)20-13(12)9-4-6-10(25-2)7-5-9/h4-7,13H,3,8H2,1-2H3,(H2,18,21)(H2,19,20,24)/t13-/m1/s1. The predicted molar refractivity (Wildman–Crippen MR) is 106 cm³/mol. The molecule has 0 bridgehead atoms. The average molecular weight is 422 g/mol. The summed E-state index contributed by atoms with van der Waals surface area (Å²) >= 11 is 2.56. The molecule has 1 aliphatic heterocycles. The van der Waals surface area contributed by atoms with Crippen LogP contribution in [0.3, 0.4) is 0 Å². The summed E-state index contributed by atoms with van der Waals surface area (Å²) in [6.07, 6.45) is 0. The molecule has 0 saturated heterocycles. The Hall–Kier alpha value is -2.79. The SMILES string of the molecule is CCOC(=O)C1=C(CSc2nnc(N)s2)NC(=O)N[C@@H]1c1ccc(OC)cc1. The largest absolute Gasteiger partial charge is 0.497 e. The van der Waals surface area contributed by atoms with Gasteiger partial charge in [-0.1, -0.05) is 35.2 Å². The zero-order valence-corrected chi connectivity index (χ0v) is 16.9. The van der Waals surface area contributed by atoms with E-state index in [9.17, 15) is 9.59 Å². The summed E-state index contributed by atoms with van der Waals surface area (Å²) in [4.78, 5) is 24.9. The predicted octanol–water partition coefficient (Wildman–Crippen LogP) is 2.09. The monoisotopic (exact) mass is 421 g/mol. The average Bonchev–Trinajstić information content (AvgIpc) is 3.11. The van der Waals surface area contributed by atoms with Crippen molar-refractivity contribution in [3.05, 3.63) is 41.1 Å². The van der Waals surface area contributed by atoms with Gasteiger partial charge in [0.05, 0.1) is 25.3 Å². The molecule has 2 amide bonds. The number of hydrogen-bond donors (Lipinski definition) is 3. The van der Waals surface area contributed by atoms with Crippen molar-refractivity contribution >= 4 is 40.2 Å². The highest BCUT2D eigenvalue weighted by molar-refractivity contribution is 8.01. The molecule has 28 heavy (non-hydrogen) atoms. The van der Waals surface area contributed by atoms with Crippen LogP contribution in [-0.2, 0) is 9.53 Å². The number of nitrogens with zero attached hydrogens (tertiary/aromatic N) is 2. The van der Waals surface area contributed by atoms with E-state index in [0.717, 1.165) is 5.56 Å². The van der Waals surface area contributed by atoms with Crippen molar-refractivity contribution in [2.45, 2.75) is 17.3 Å². The van der Waals surface area contributed by atoms with E-state index in [1.165, 1.54) is 23.1 Å². The van der Waals surface area contributed by atoms with Gasteiger partial charge in [-0.25, -0.2) is 9.59 Å². The summed E-state index contributed by atoms with van der Waals surface area (Å²) in [7, 11) is 1.57. The van der Waals surface area contributed by atoms with E-state index in [0.29, 0.717) is 32.2 Å². The molecule has 148 valence electrons. The number of methoxy groups -OCH3 is 1. The number of urea groups is 1. The van der Waals surface area contributed by atoms with Crippen molar-refractivity contribution in [3.63, 3.8) is 0 Å². The van der Waals surface area contributed by atoms with Crippen LogP contribution >= 0.6 is 23.1 Å². The molecule has 1 atom stereocenters. The van der Waals surface area contributed by atoms with Crippen molar-refractivity contribution < 1.29 is 19.1 Å². The van der Waals surface area contributed by atoms with E-state index in [-0.39, 0.29) is 6.61 Å². The van der Waals surface area contributed by atoms with E-state index in [2.05, 4.69) is 20.8 Å². The number of nitrogens with two attached hydrogens (primary N) is 1. The summed E-state index contributed by atoms with van der Waals surface area (Å²) in [6.45, 7) is 1.95. The maximum Gasteiger partial charge on any atom is 0.338 e. The van der Waals surface area contributed by atoms with Gasteiger partial charge in [0.15, 0.2) is 4.34 Å². The van der Waals surface area contributed by atoms with Gasteiger partial charge in [-0.15, -0.1) is 10.2 Å². The minimum atomic E-state index is -0.645. The molecule has 9 nitrogen and oxygen atoms in total. The van der Waals surface area contributed by atoms with Crippen LogP contribution in [0.15, 0.2) is 39.9 Å². The number of rotatable bonds is 7. The molecule has 2 aromatic rings. The minimum absolute atomic E-state index is 0.221. The van der Waals surface area contributed by atoms with Gasteiger partial charge in [-0.2, -0.15) is 0 Å². The van der Waals surface area contributed by atoms with Gasteiger partial charge >= 0.3 is 12.0 Å². The van der Waals surface area contributed by atoms with E-state index >= 15 is 0 Å². The Balaban J connectivity index is 1.95. The van der Waals surface area contributed by atoms with Crippen molar-refractivity contribution in [1.82, 2.24) is 20.8 Å². The minimum Gasteiger partial charge on any atom is -0.497 e. The Morgan fingerprint density at radius 3 is 2.68 bits per heavy atom. The summed E-state index contributed by atoms with van der Waals surface area (Å²) in [5.74, 6) is 0.488. The first-order chi connectivity index (χ1) is 13.5. The molecule has 1 aromatic carbocycles. The van der Waals surface area contributed by atoms with Crippen molar-refractivity contribution in [1.29, 1.82) is 0 Å². The highest BCUT2D eigenvalue weighted by Crippen LogP contribution is 2.32. The molecular weight excluding hydrogens is 402 g/mol. The first-order valence-corrected chi connectivity index (χ1v) is 10.2. The molecule has 1 aliphatic rings. The van der Waals surface area contributed by atoms with E-state index < -0.39 is 18.0 Å². The summed E-state index contributed by atoms with van der Waals surface area (Å²) in [5.41, 5.74) is 7.14. The number of nitrogen functional groups attached to an aromatic ring is 1. The lowest BCUT2D eigenvalue weighted by molar-refractivity contribution is -0.139. The first kappa shape index (κ1) is 20.0. The van der Waals surface area contributed by atoms with E-state index in [4.69, 9.17) is 15.2 Å². The summed E-state index contributed by atoms with van der Waals surface area (Å²) in [5, 5.41) is 13.6. The lowest BCUT2D eigenvalue weighted by Gasteiger charge is -2.29. The van der Waals surface area contributed by atoms with Gasteiger partial charge < -0.3 is 25.8 Å². The number of carbonyl (C=O) groups is 2. The van der Waals surface area contributed by atoms with E-state index in [1.807, 2.05) is 0 Å². The molecule has 0 spiro atoms. The fourth-order valence-electron chi connectivity index (χ4n) is 2.64. The number of hydrogen-bond acceptors (Lipinski definition) is 9. The smallest absolute Gasteiger partial charge is 0.338 e. The van der Waals surface area contributed by atoms with Crippen molar-refractivity contribution in [3.8, 4) is 5.75 Å². The topological polar surface area (TPSA) is 128 Å². The second kappa shape index (κ2) is 8.93. The lowest BCUT2D eigenvalue weighted by atomic mass is 9.95. The number of aromatic nitrogens is 2. The molecule has 11 heteroatoms. The molecular formula is C17H19N5O4S2. The fourth-order valence-corrected chi connectivity index (χ4v) is 4.25. The molecule has 0 fully saturated rings. The Labute approximate surface area is 169 Å². The second-order valence-corrected chi connectivity index (χ2v) is 7.84. The quantitative estimate of drug-likeness (QED) is 0.458. The normalized spacial score (nSPS) is 16.4. The van der Waals surface area contributed by atoms with Crippen LogP contribution in [0, 0.1) is 0 Å². The third kappa shape index (κ3) is 4.54. The van der Waals surface area contributed by atoms with Gasteiger partial charge in [-0.3, -0.25) is 0 Å². The number of ether oxygens (including phenoxy) is 2. The van der Waals surface area contributed by atoms with Crippen LogP contribution in [-0.4, -0.2) is 41.7 Å². The number of amides is 2. The molecule has 2 heterocycles. The molecule has 0 saturated carbocycles. The second-order valence-electron chi connectivity index (χ2n) is 5.61. The lowest BCUT2D eigenvalue weighted by Crippen LogP contribution is -2.46. The van der Waals surface area contributed by atoms with E-state index in [1.54, 1.807) is 38.3 Å².